The number of hydrogen-bond acceptors (Lipinski definition) is 2. The molecule has 0 spiro atoms. The summed E-state index contributed by atoms with van der Waals surface area (Å²) in [5.74, 6) is 0.881. The minimum absolute atomic E-state index is 0.0167. The Hall–Kier alpha value is -0.0800. The topological polar surface area (TPSA) is 32.3 Å². The van der Waals surface area contributed by atoms with Gasteiger partial charge in [0.1, 0.15) is 0 Å². The maximum atomic E-state index is 9.23. The Balaban J connectivity index is 2.25. The lowest BCUT2D eigenvalue weighted by Gasteiger charge is -2.28. The molecule has 0 heterocycles. The van der Waals surface area contributed by atoms with E-state index in [0.29, 0.717) is 0 Å². The molecule has 1 aliphatic carbocycles. The maximum Gasteiger partial charge on any atom is 0.0610 e. The highest BCUT2D eigenvalue weighted by Crippen LogP contribution is 2.36. The summed E-state index contributed by atoms with van der Waals surface area (Å²) < 4.78 is 0. The highest BCUT2D eigenvalue weighted by molar-refractivity contribution is 4.89. The van der Waals surface area contributed by atoms with E-state index >= 15 is 0 Å². The Morgan fingerprint density at radius 1 is 1.50 bits per heavy atom. The molecule has 0 saturated heterocycles. The SMILES string of the molecule is CCCNC(C)(CO)CC1CC1. The van der Waals surface area contributed by atoms with Gasteiger partial charge in [-0.25, -0.2) is 0 Å². The molecule has 2 heteroatoms. The fourth-order valence-electron chi connectivity index (χ4n) is 1.58. The normalized spacial score (nSPS) is 22.2. The van der Waals surface area contributed by atoms with Crippen molar-refractivity contribution < 1.29 is 5.11 Å². The van der Waals surface area contributed by atoms with Crippen LogP contribution in [0, 0.1) is 5.92 Å². The summed E-state index contributed by atoms with van der Waals surface area (Å²) in [5.41, 5.74) is -0.0167. The predicted octanol–water partition coefficient (Wildman–Crippen LogP) is 1.54. The lowest BCUT2D eigenvalue weighted by atomic mass is 9.96. The van der Waals surface area contributed by atoms with Gasteiger partial charge < -0.3 is 10.4 Å². The van der Waals surface area contributed by atoms with Crippen LogP contribution in [0.2, 0.25) is 0 Å². The zero-order chi connectivity index (χ0) is 9.03. The Bertz CT molecular complexity index is 134. The molecule has 72 valence electrons. The zero-order valence-corrected chi connectivity index (χ0v) is 8.27. The van der Waals surface area contributed by atoms with Gasteiger partial charge in [-0.05, 0) is 32.2 Å². The summed E-state index contributed by atoms with van der Waals surface area (Å²) in [6.07, 6.45) is 5.01. The van der Waals surface area contributed by atoms with Gasteiger partial charge >= 0.3 is 0 Å². The smallest absolute Gasteiger partial charge is 0.0610 e. The summed E-state index contributed by atoms with van der Waals surface area (Å²) in [6, 6.07) is 0. The standard InChI is InChI=1S/C10H21NO/c1-3-6-11-10(2,8-12)7-9-4-5-9/h9,11-12H,3-8H2,1-2H3. The van der Waals surface area contributed by atoms with E-state index in [4.69, 9.17) is 0 Å². The average Bonchev–Trinajstić information content (AvgIpc) is 2.85. The van der Waals surface area contributed by atoms with Crippen LogP contribution >= 0.6 is 0 Å². The average molecular weight is 171 g/mol. The van der Waals surface area contributed by atoms with Gasteiger partial charge in [0, 0.05) is 5.54 Å². The summed E-state index contributed by atoms with van der Waals surface area (Å²) >= 11 is 0. The fourth-order valence-corrected chi connectivity index (χ4v) is 1.58. The second-order valence-electron chi connectivity index (χ2n) is 4.29. The van der Waals surface area contributed by atoms with Gasteiger partial charge in [0.15, 0.2) is 0 Å². The highest BCUT2D eigenvalue weighted by Gasteiger charge is 2.32. The van der Waals surface area contributed by atoms with Gasteiger partial charge in [-0.15, -0.1) is 0 Å². The first-order valence-corrected chi connectivity index (χ1v) is 5.06. The van der Waals surface area contributed by atoms with Crippen LogP contribution in [0.3, 0.4) is 0 Å². The van der Waals surface area contributed by atoms with E-state index in [2.05, 4.69) is 19.2 Å². The van der Waals surface area contributed by atoms with Crippen molar-refractivity contribution in [3.05, 3.63) is 0 Å². The molecule has 1 rings (SSSR count). The van der Waals surface area contributed by atoms with Crippen molar-refractivity contribution in [2.75, 3.05) is 13.2 Å². The number of aliphatic hydroxyl groups is 1. The Morgan fingerprint density at radius 2 is 2.17 bits per heavy atom. The van der Waals surface area contributed by atoms with Crippen LogP contribution in [-0.4, -0.2) is 23.8 Å². The largest absolute Gasteiger partial charge is 0.394 e. The van der Waals surface area contributed by atoms with Crippen molar-refractivity contribution in [1.82, 2.24) is 5.32 Å². The van der Waals surface area contributed by atoms with Crippen LogP contribution in [-0.2, 0) is 0 Å². The molecule has 2 N–H and O–H groups in total. The van der Waals surface area contributed by atoms with E-state index in [0.717, 1.165) is 25.3 Å². The second kappa shape index (κ2) is 4.24. The number of rotatable bonds is 6. The third kappa shape index (κ3) is 3.11. The number of aliphatic hydroxyl groups excluding tert-OH is 1. The van der Waals surface area contributed by atoms with Gasteiger partial charge in [-0.2, -0.15) is 0 Å². The van der Waals surface area contributed by atoms with E-state index in [-0.39, 0.29) is 12.1 Å². The molecule has 2 nitrogen and oxygen atoms in total. The molecule has 0 aromatic carbocycles. The van der Waals surface area contributed by atoms with Gasteiger partial charge in [0.05, 0.1) is 6.61 Å². The van der Waals surface area contributed by atoms with Crippen LogP contribution in [0.4, 0.5) is 0 Å². The number of nitrogens with one attached hydrogen (secondary N) is 1. The van der Waals surface area contributed by atoms with Crippen LogP contribution in [0.1, 0.15) is 39.5 Å². The van der Waals surface area contributed by atoms with Gasteiger partial charge in [0.2, 0.25) is 0 Å². The molecule has 0 radical (unpaired) electrons. The first kappa shape index (κ1) is 10.0. The van der Waals surface area contributed by atoms with Crippen molar-refractivity contribution in [3.8, 4) is 0 Å². The summed E-state index contributed by atoms with van der Waals surface area (Å²) in [6.45, 7) is 5.57. The Labute approximate surface area is 75.4 Å². The molecule has 0 aromatic heterocycles. The minimum Gasteiger partial charge on any atom is -0.394 e. The van der Waals surface area contributed by atoms with E-state index in [1.165, 1.54) is 12.8 Å². The van der Waals surface area contributed by atoms with Crippen molar-refractivity contribution in [2.24, 2.45) is 5.92 Å². The molecule has 1 saturated carbocycles. The summed E-state index contributed by atoms with van der Waals surface area (Å²) in [7, 11) is 0. The maximum absolute atomic E-state index is 9.23. The van der Waals surface area contributed by atoms with Crippen molar-refractivity contribution in [3.63, 3.8) is 0 Å². The molecule has 0 aromatic rings. The van der Waals surface area contributed by atoms with Gasteiger partial charge in [-0.1, -0.05) is 19.8 Å². The molecule has 1 fully saturated rings. The van der Waals surface area contributed by atoms with Crippen LogP contribution < -0.4 is 5.32 Å². The quantitative estimate of drug-likeness (QED) is 0.635. The zero-order valence-electron chi connectivity index (χ0n) is 8.27. The van der Waals surface area contributed by atoms with E-state index in [1.807, 2.05) is 0 Å². The molecular weight excluding hydrogens is 150 g/mol. The summed E-state index contributed by atoms with van der Waals surface area (Å²) in [5, 5.41) is 12.6. The number of hydrogen-bond donors (Lipinski definition) is 2. The van der Waals surface area contributed by atoms with Crippen LogP contribution in [0.5, 0.6) is 0 Å². The van der Waals surface area contributed by atoms with Crippen molar-refractivity contribution in [2.45, 2.75) is 45.1 Å². The second-order valence-corrected chi connectivity index (χ2v) is 4.29. The molecular formula is C10H21NO. The van der Waals surface area contributed by atoms with E-state index < -0.39 is 0 Å². The van der Waals surface area contributed by atoms with Crippen molar-refractivity contribution in [1.29, 1.82) is 0 Å². The van der Waals surface area contributed by atoms with Gasteiger partial charge in [0.25, 0.3) is 0 Å². The van der Waals surface area contributed by atoms with Crippen LogP contribution in [0.15, 0.2) is 0 Å². The van der Waals surface area contributed by atoms with E-state index in [9.17, 15) is 5.11 Å². The van der Waals surface area contributed by atoms with Crippen LogP contribution in [0.25, 0.3) is 0 Å². The molecule has 1 aliphatic rings. The first-order chi connectivity index (χ1) is 5.70. The molecule has 0 amide bonds. The predicted molar refractivity (Wildman–Crippen MR) is 51.1 cm³/mol. The molecule has 1 atom stereocenters. The van der Waals surface area contributed by atoms with E-state index in [1.54, 1.807) is 0 Å². The Morgan fingerprint density at radius 3 is 2.58 bits per heavy atom. The van der Waals surface area contributed by atoms with Crippen molar-refractivity contribution >= 4 is 0 Å². The molecule has 0 bridgehead atoms. The minimum atomic E-state index is -0.0167. The third-order valence-corrected chi connectivity index (χ3v) is 2.59. The highest BCUT2D eigenvalue weighted by atomic mass is 16.3. The molecule has 12 heavy (non-hydrogen) atoms. The fraction of sp³-hybridized carbons (Fsp3) is 1.00. The lowest BCUT2D eigenvalue weighted by molar-refractivity contribution is 0.160. The third-order valence-electron chi connectivity index (χ3n) is 2.59. The Kier molecular flexibility index (Phi) is 3.53. The molecule has 0 aliphatic heterocycles. The van der Waals surface area contributed by atoms with Gasteiger partial charge in [-0.3, -0.25) is 0 Å². The lowest BCUT2D eigenvalue weighted by Crippen LogP contribution is -2.46. The summed E-state index contributed by atoms with van der Waals surface area (Å²) in [4.78, 5) is 0. The molecule has 1 unspecified atom stereocenters. The first-order valence-electron chi connectivity index (χ1n) is 5.06. The monoisotopic (exact) mass is 171 g/mol.